The molecule has 0 aromatic heterocycles. The van der Waals surface area contributed by atoms with Crippen molar-refractivity contribution in [2.45, 2.75) is 25.9 Å². The Kier molecular flexibility index (Phi) is 4.85. The van der Waals surface area contributed by atoms with Crippen molar-refractivity contribution in [2.75, 3.05) is 5.32 Å². The van der Waals surface area contributed by atoms with Gasteiger partial charge < -0.3 is 5.32 Å². The molecule has 3 rings (SSSR count). The van der Waals surface area contributed by atoms with Crippen LogP contribution in [0.4, 0.5) is 5.69 Å². The van der Waals surface area contributed by atoms with E-state index in [0.717, 1.165) is 15.7 Å². The van der Waals surface area contributed by atoms with Crippen LogP contribution in [-0.2, 0) is 11.2 Å². The summed E-state index contributed by atoms with van der Waals surface area (Å²) in [6.45, 7) is 1.83. The zero-order chi connectivity index (χ0) is 17.1. The topological polar surface area (TPSA) is 61.4 Å². The minimum atomic E-state index is -0.313. The van der Waals surface area contributed by atoms with Crippen LogP contribution in [0, 0.1) is 0 Å². The molecule has 0 fully saturated rings. The van der Waals surface area contributed by atoms with Crippen LogP contribution in [0.1, 0.15) is 29.3 Å². The highest BCUT2D eigenvalue weighted by molar-refractivity contribution is 9.10. The Labute approximate surface area is 149 Å². The normalized spacial score (nSPS) is 16.3. The first-order valence-corrected chi connectivity index (χ1v) is 8.57. The van der Waals surface area contributed by atoms with Crippen LogP contribution in [-0.4, -0.2) is 23.0 Å². The molecule has 1 aliphatic rings. The smallest absolute Gasteiger partial charge is 0.276 e. The van der Waals surface area contributed by atoms with Crippen LogP contribution in [0.25, 0.3) is 0 Å². The van der Waals surface area contributed by atoms with Crippen molar-refractivity contribution in [1.29, 1.82) is 0 Å². The molecule has 1 aliphatic heterocycles. The highest BCUT2D eigenvalue weighted by atomic mass is 79.9. The van der Waals surface area contributed by atoms with Gasteiger partial charge in [-0.15, -0.1) is 0 Å². The highest BCUT2D eigenvalue weighted by Crippen LogP contribution is 2.27. The van der Waals surface area contributed by atoms with Crippen LogP contribution in [0.2, 0.25) is 0 Å². The number of aryl methyl sites for hydroxylation is 1. The molecule has 1 atom stereocenters. The second kappa shape index (κ2) is 7.05. The predicted octanol–water partition coefficient (Wildman–Crippen LogP) is 3.33. The number of hydrogen-bond donors (Lipinski definition) is 2. The van der Waals surface area contributed by atoms with Crippen LogP contribution in [0.3, 0.4) is 0 Å². The van der Waals surface area contributed by atoms with Gasteiger partial charge in [-0.3, -0.25) is 15.0 Å². The SMILES string of the molecule is CC1Nc2ccc(Br)cc2C(=O)N1NC(=O)CCc1ccccc1. The maximum atomic E-state index is 12.6. The van der Waals surface area contributed by atoms with Gasteiger partial charge in [0.25, 0.3) is 5.91 Å². The average Bonchev–Trinajstić information content (AvgIpc) is 2.58. The van der Waals surface area contributed by atoms with Crippen LogP contribution in [0.5, 0.6) is 0 Å². The molecule has 0 spiro atoms. The summed E-state index contributed by atoms with van der Waals surface area (Å²) in [6, 6.07) is 15.3. The summed E-state index contributed by atoms with van der Waals surface area (Å²) in [4.78, 5) is 24.9. The summed E-state index contributed by atoms with van der Waals surface area (Å²) in [7, 11) is 0. The second-order valence-electron chi connectivity index (χ2n) is 5.71. The molecule has 124 valence electrons. The average molecular weight is 388 g/mol. The Bertz CT molecular complexity index is 764. The number of anilines is 1. The first-order valence-electron chi connectivity index (χ1n) is 7.77. The van der Waals surface area contributed by atoms with Crippen LogP contribution >= 0.6 is 15.9 Å². The molecule has 2 aromatic rings. The fraction of sp³-hybridized carbons (Fsp3) is 0.222. The van der Waals surface area contributed by atoms with E-state index < -0.39 is 0 Å². The molecule has 1 unspecified atom stereocenters. The summed E-state index contributed by atoms with van der Waals surface area (Å²) in [5, 5.41) is 4.57. The molecular weight excluding hydrogens is 370 g/mol. The molecule has 2 aromatic carbocycles. The summed E-state index contributed by atoms with van der Waals surface area (Å²) in [5.41, 5.74) is 5.11. The molecule has 0 saturated heterocycles. The quantitative estimate of drug-likeness (QED) is 0.845. The van der Waals surface area contributed by atoms with E-state index in [1.807, 2.05) is 49.4 Å². The number of carbonyl (C=O) groups is 2. The molecule has 2 amide bonds. The molecule has 0 saturated carbocycles. The van der Waals surface area contributed by atoms with Crippen molar-refractivity contribution in [2.24, 2.45) is 0 Å². The standard InChI is InChI=1S/C18H18BrN3O2/c1-12-20-16-9-8-14(19)11-15(16)18(24)22(12)21-17(23)10-7-13-5-3-2-4-6-13/h2-6,8-9,11-12,20H,7,10H2,1H3,(H,21,23). The number of fused-ring (bicyclic) bond motifs is 1. The Morgan fingerprint density at radius 3 is 2.75 bits per heavy atom. The van der Waals surface area contributed by atoms with Gasteiger partial charge in [0.15, 0.2) is 0 Å². The Morgan fingerprint density at radius 1 is 1.25 bits per heavy atom. The third-order valence-corrected chi connectivity index (χ3v) is 4.40. The number of halogens is 1. The summed E-state index contributed by atoms with van der Waals surface area (Å²) in [5.74, 6) is -0.398. The van der Waals surface area contributed by atoms with E-state index in [2.05, 4.69) is 26.7 Å². The number of nitrogens with one attached hydrogen (secondary N) is 2. The van der Waals surface area contributed by atoms with E-state index in [1.165, 1.54) is 5.01 Å². The van der Waals surface area contributed by atoms with Gasteiger partial charge in [0.2, 0.25) is 5.91 Å². The summed E-state index contributed by atoms with van der Waals surface area (Å²) in [6.07, 6.45) is 0.650. The Morgan fingerprint density at radius 2 is 2.00 bits per heavy atom. The van der Waals surface area contributed by atoms with E-state index in [-0.39, 0.29) is 18.0 Å². The van der Waals surface area contributed by atoms with Crippen molar-refractivity contribution in [1.82, 2.24) is 10.4 Å². The fourth-order valence-corrected chi connectivity index (χ4v) is 3.02. The van der Waals surface area contributed by atoms with Crippen molar-refractivity contribution >= 4 is 33.4 Å². The fourth-order valence-electron chi connectivity index (χ4n) is 2.65. The maximum Gasteiger partial charge on any atom is 0.276 e. The van der Waals surface area contributed by atoms with E-state index in [4.69, 9.17) is 0 Å². The number of amides is 2. The van der Waals surface area contributed by atoms with Gasteiger partial charge >= 0.3 is 0 Å². The lowest BCUT2D eigenvalue weighted by atomic mass is 10.1. The first-order chi connectivity index (χ1) is 11.5. The van der Waals surface area contributed by atoms with E-state index >= 15 is 0 Å². The van der Waals surface area contributed by atoms with Gasteiger partial charge in [-0.1, -0.05) is 46.3 Å². The molecule has 1 heterocycles. The van der Waals surface area contributed by atoms with Gasteiger partial charge in [-0.05, 0) is 37.1 Å². The number of benzene rings is 2. The van der Waals surface area contributed by atoms with Gasteiger partial charge in [-0.2, -0.15) is 0 Å². The lowest BCUT2D eigenvalue weighted by Gasteiger charge is -2.35. The van der Waals surface area contributed by atoms with Crippen molar-refractivity contribution < 1.29 is 9.59 Å². The monoisotopic (exact) mass is 387 g/mol. The number of nitrogens with zero attached hydrogens (tertiary/aromatic N) is 1. The molecule has 5 nitrogen and oxygen atoms in total. The number of hydrazine groups is 1. The summed E-state index contributed by atoms with van der Waals surface area (Å²) >= 11 is 3.37. The van der Waals surface area contributed by atoms with E-state index in [1.54, 1.807) is 6.07 Å². The lowest BCUT2D eigenvalue weighted by Crippen LogP contribution is -2.56. The Hall–Kier alpha value is -2.34. The minimum Gasteiger partial charge on any atom is -0.363 e. The minimum absolute atomic E-state index is 0.181. The molecule has 0 radical (unpaired) electrons. The van der Waals surface area contributed by atoms with E-state index in [9.17, 15) is 9.59 Å². The maximum absolute atomic E-state index is 12.6. The van der Waals surface area contributed by atoms with Crippen molar-refractivity contribution in [3.63, 3.8) is 0 Å². The lowest BCUT2D eigenvalue weighted by molar-refractivity contribution is -0.125. The number of hydrogen-bond acceptors (Lipinski definition) is 3. The number of rotatable bonds is 4. The van der Waals surface area contributed by atoms with Gasteiger partial charge in [0, 0.05) is 16.6 Å². The second-order valence-corrected chi connectivity index (χ2v) is 6.62. The first kappa shape index (κ1) is 16.5. The van der Waals surface area contributed by atoms with E-state index in [0.29, 0.717) is 18.4 Å². The molecule has 6 heteroatoms. The Balaban J connectivity index is 1.66. The highest BCUT2D eigenvalue weighted by Gasteiger charge is 2.30. The van der Waals surface area contributed by atoms with Crippen LogP contribution in [0.15, 0.2) is 53.0 Å². The molecule has 0 aliphatic carbocycles. The van der Waals surface area contributed by atoms with Crippen molar-refractivity contribution in [3.8, 4) is 0 Å². The zero-order valence-electron chi connectivity index (χ0n) is 13.3. The molecule has 24 heavy (non-hydrogen) atoms. The molecular formula is C18H18BrN3O2. The molecule has 2 N–H and O–H groups in total. The largest absolute Gasteiger partial charge is 0.363 e. The van der Waals surface area contributed by atoms with Crippen molar-refractivity contribution in [3.05, 3.63) is 64.1 Å². The van der Waals surface area contributed by atoms with Crippen LogP contribution < -0.4 is 10.7 Å². The third kappa shape index (κ3) is 3.59. The predicted molar refractivity (Wildman–Crippen MR) is 96.3 cm³/mol. The number of carbonyl (C=O) groups excluding carboxylic acids is 2. The van der Waals surface area contributed by atoms with Gasteiger partial charge in [0.05, 0.1) is 5.56 Å². The zero-order valence-corrected chi connectivity index (χ0v) is 14.8. The van der Waals surface area contributed by atoms with Gasteiger partial charge in [-0.25, -0.2) is 5.01 Å². The van der Waals surface area contributed by atoms with Gasteiger partial charge in [0.1, 0.15) is 6.17 Å². The third-order valence-electron chi connectivity index (χ3n) is 3.91. The molecule has 0 bridgehead atoms. The summed E-state index contributed by atoms with van der Waals surface area (Å²) < 4.78 is 0.821.